The fourth-order valence-corrected chi connectivity index (χ4v) is 2.91. The topological polar surface area (TPSA) is 37.4 Å². The van der Waals surface area contributed by atoms with Gasteiger partial charge < -0.3 is 4.90 Å². The fourth-order valence-electron chi connectivity index (χ4n) is 2.48. The third-order valence-electron chi connectivity index (χ3n) is 3.54. The number of nitrogens with zero attached hydrogens (tertiary/aromatic N) is 1. The third-order valence-corrected chi connectivity index (χ3v) is 4.08. The standard InChI is InChI=1S/C15H18FNO2S/c1-20-10-14(18)17-8-2-3-12(9-17)15(19)11-4-6-13(16)7-5-11/h4-7,12H,2-3,8-10H2,1H3. The zero-order valence-corrected chi connectivity index (χ0v) is 12.3. The molecule has 1 saturated heterocycles. The Bertz CT molecular complexity index is 489. The molecule has 1 amide bonds. The molecule has 0 aliphatic carbocycles. The Morgan fingerprint density at radius 3 is 2.70 bits per heavy atom. The minimum atomic E-state index is -0.345. The van der Waals surface area contributed by atoms with E-state index in [1.807, 2.05) is 6.26 Å². The SMILES string of the molecule is CSCC(=O)N1CCCC(C(=O)c2ccc(F)cc2)C1. The van der Waals surface area contributed by atoms with Crippen LogP contribution in [-0.2, 0) is 4.79 Å². The zero-order valence-electron chi connectivity index (χ0n) is 11.5. The van der Waals surface area contributed by atoms with Crippen LogP contribution in [0.1, 0.15) is 23.2 Å². The van der Waals surface area contributed by atoms with Crippen molar-refractivity contribution in [1.29, 1.82) is 0 Å². The van der Waals surface area contributed by atoms with Gasteiger partial charge in [-0.25, -0.2) is 4.39 Å². The number of piperidine rings is 1. The maximum atomic E-state index is 12.9. The number of amides is 1. The lowest BCUT2D eigenvalue weighted by Gasteiger charge is -2.32. The number of hydrogen-bond acceptors (Lipinski definition) is 3. The molecule has 1 heterocycles. The van der Waals surface area contributed by atoms with Crippen LogP contribution in [-0.4, -0.2) is 41.7 Å². The average Bonchev–Trinajstić information content (AvgIpc) is 2.48. The van der Waals surface area contributed by atoms with Crippen molar-refractivity contribution in [2.45, 2.75) is 12.8 Å². The van der Waals surface area contributed by atoms with E-state index in [2.05, 4.69) is 0 Å². The molecular weight excluding hydrogens is 277 g/mol. The highest BCUT2D eigenvalue weighted by Gasteiger charge is 2.28. The van der Waals surface area contributed by atoms with Crippen molar-refractivity contribution in [1.82, 2.24) is 4.90 Å². The van der Waals surface area contributed by atoms with E-state index in [-0.39, 0.29) is 23.4 Å². The Kier molecular flexibility index (Phi) is 5.17. The van der Waals surface area contributed by atoms with Gasteiger partial charge in [0, 0.05) is 24.6 Å². The Morgan fingerprint density at radius 1 is 1.35 bits per heavy atom. The van der Waals surface area contributed by atoms with Crippen LogP contribution >= 0.6 is 11.8 Å². The summed E-state index contributed by atoms with van der Waals surface area (Å²) in [5.41, 5.74) is 0.524. The number of ketones is 1. The normalized spacial score (nSPS) is 18.9. The number of rotatable bonds is 4. The van der Waals surface area contributed by atoms with Gasteiger partial charge in [0.2, 0.25) is 5.91 Å². The number of benzene rings is 1. The van der Waals surface area contributed by atoms with Crippen molar-refractivity contribution >= 4 is 23.5 Å². The van der Waals surface area contributed by atoms with Gasteiger partial charge in [-0.2, -0.15) is 11.8 Å². The summed E-state index contributed by atoms with van der Waals surface area (Å²) in [6.45, 7) is 1.21. The second kappa shape index (κ2) is 6.88. The van der Waals surface area contributed by atoms with E-state index in [0.29, 0.717) is 17.9 Å². The molecule has 0 aromatic heterocycles. The van der Waals surface area contributed by atoms with Crippen LogP contribution in [0.15, 0.2) is 24.3 Å². The van der Waals surface area contributed by atoms with Crippen LogP contribution in [0.4, 0.5) is 4.39 Å². The summed E-state index contributed by atoms with van der Waals surface area (Å²) < 4.78 is 12.9. The van der Waals surface area contributed by atoms with Crippen molar-refractivity contribution < 1.29 is 14.0 Å². The number of likely N-dealkylation sites (tertiary alicyclic amines) is 1. The van der Waals surface area contributed by atoms with E-state index >= 15 is 0 Å². The van der Waals surface area contributed by atoms with Crippen LogP contribution in [0.2, 0.25) is 0 Å². The number of carbonyl (C=O) groups is 2. The first-order valence-electron chi connectivity index (χ1n) is 6.68. The van der Waals surface area contributed by atoms with Gasteiger partial charge in [0.15, 0.2) is 5.78 Å². The van der Waals surface area contributed by atoms with Crippen molar-refractivity contribution in [3.63, 3.8) is 0 Å². The van der Waals surface area contributed by atoms with Gasteiger partial charge in [-0.05, 0) is 43.4 Å². The molecule has 1 aliphatic rings. The molecule has 0 bridgehead atoms. The van der Waals surface area contributed by atoms with Gasteiger partial charge in [-0.3, -0.25) is 9.59 Å². The number of Topliss-reactive ketones (excluding diaryl/α,β-unsaturated/α-hetero) is 1. The predicted molar refractivity (Wildman–Crippen MR) is 78.4 cm³/mol. The zero-order chi connectivity index (χ0) is 14.5. The number of carbonyl (C=O) groups excluding carboxylic acids is 2. The van der Waals surface area contributed by atoms with Crippen LogP contribution < -0.4 is 0 Å². The third kappa shape index (κ3) is 3.60. The van der Waals surface area contributed by atoms with Crippen LogP contribution in [0, 0.1) is 11.7 Å². The Hall–Kier alpha value is -1.36. The summed E-state index contributed by atoms with van der Waals surface area (Å²) >= 11 is 1.49. The summed E-state index contributed by atoms with van der Waals surface area (Å²) in [5, 5.41) is 0. The van der Waals surface area contributed by atoms with Gasteiger partial charge in [-0.15, -0.1) is 0 Å². The lowest BCUT2D eigenvalue weighted by Crippen LogP contribution is -2.43. The van der Waals surface area contributed by atoms with E-state index in [0.717, 1.165) is 19.4 Å². The fraction of sp³-hybridized carbons (Fsp3) is 0.467. The van der Waals surface area contributed by atoms with Crippen LogP contribution in [0.3, 0.4) is 0 Å². The summed E-state index contributed by atoms with van der Waals surface area (Å²) in [7, 11) is 0. The van der Waals surface area contributed by atoms with E-state index in [1.54, 1.807) is 4.90 Å². The summed E-state index contributed by atoms with van der Waals surface area (Å²) in [5.74, 6) is 0.0417. The molecule has 1 aliphatic heterocycles. The maximum absolute atomic E-state index is 12.9. The van der Waals surface area contributed by atoms with Crippen molar-refractivity contribution in [2.75, 3.05) is 25.1 Å². The second-order valence-corrected chi connectivity index (χ2v) is 5.85. The predicted octanol–water partition coefficient (Wildman–Crippen LogP) is 2.61. The molecule has 5 heteroatoms. The molecule has 1 aromatic carbocycles. The molecule has 1 fully saturated rings. The molecule has 1 atom stereocenters. The molecule has 2 rings (SSSR count). The minimum Gasteiger partial charge on any atom is -0.341 e. The second-order valence-electron chi connectivity index (χ2n) is 4.98. The van der Waals surface area contributed by atoms with Crippen LogP contribution in [0.5, 0.6) is 0 Å². The number of hydrogen-bond donors (Lipinski definition) is 0. The Labute approximate surface area is 122 Å². The van der Waals surface area contributed by atoms with E-state index in [4.69, 9.17) is 0 Å². The molecule has 108 valence electrons. The first-order valence-corrected chi connectivity index (χ1v) is 8.07. The highest BCUT2D eigenvalue weighted by molar-refractivity contribution is 7.99. The summed E-state index contributed by atoms with van der Waals surface area (Å²) in [4.78, 5) is 26.0. The number of halogens is 1. The molecule has 20 heavy (non-hydrogen) atoms. The Morgan fingerprint density at radius 2 is 2.05 bits per heavy atom. The van der Waals surface area contributed by atoms with Gasteiger partial charge in [-0.1, -0.05) is 0 Å². The maximum Gasteiger partial charge on any atom is 0.232 e. The van der Waals surface area contributed by atoms with Crippen molar-refractivity contribution in [3.05, 3.63) is 35.6 Å². The molecule has 0 saturated carbocycles. The monoisotopic (exact) mass is 295 g/mol. The highest BCUT2D eigenvalue weighted by Crippen LogP contribution is 2.21. The number of thioether (sulfide) groups is 1. The van der Waals surface area contributed by atoms with Crippen molar-refractivity contribution in [3.8, 4) is 0 Å². The average molecular weight is 295 g/mol. The van der Waals surface area contributed by atoms with Gasteiger partial charge in [0.1, 0.15) is 5.82 Å². The Balaban J connectivity index is 2.03. The van der Waals surface area contributed by atoms with Crippen LogP contribution in [0.25, 0.3) is 0 Å². The minimum absolute atomic E-state index is 0.00616. The highest BCUT2D eigenvalue weighted by atomic mass is 32.2. The molecule has 0 spiro atoms. The molecular formula is C15H18FNO2S. The van der Waals surface area contributed by atoms with E-state index in [9.17, 15) is 14.0 Å². The smallest absolute Gasteiger partial charge is 0.232 e. The first kappa shape index (κ1) is 15.0. The summed E-state index contributed by atoms with van der Waals surface area (Å²) in [6.07, 6.45) is 3.53. The van der Waals surface area contributed by atoms with Gasteiger partial charge in [0.05, 0.1) is 5.75 Å². The first-order chi connectivity index (χ1) is 9.61. The summed E-state index contributed by atoms with van der Waals surface area (Å²) in [6, 6.07) is 5.63. The molecule has 0 radical (unpaired) electrons. The largest absolute Gasteiger partial charge is 0.341 e. The van der Waals surface area contributed by atoms with Gasteiger partial charge in [0.25, 0.3) is 0 Å². The quantitative estimate of drug-likeness (QED) is 0.801. The lowest BCUT2D eigenvalue weighted by atomic mass is 9.90. The lowest BCUT2D eigenvalue weighted by molar-refractivity contribution is -0.129. The molecule has 0 N–H and O–H groups in total. The van der Waals surface area contributed by atoms with E-state index in [1.165, 1.54) is 36.0 Å². The van der Waals surface area contributed by atoms with Gasteiger partial charge >= 0.3 is 0 Å². The molecule has 1 unspecified atom stereocenters. The molecule has 3 nitrogen and oxygen atoms in total. The molecule has 1 aromatic rings. The van der Waals surface area contributed by atoms with Crippen molar-refractivity contribution in [2.24, 2.45) is 5.92 Å². The van der Waals surface area contributed by atoms with E-state index < -0.39 is 0 Å².